The lowest BCUT2D eigenvalue weighted by Gasteiger charge is -2.23. The summed E-state index contributed by atoms with van der Waals surface area (Å²) in [6.45, 7) is 0. The molecule has 0 radical (unpaired) electrons. The summed E-state index contributed by atoms with van der Waals surface area (Å²) in [6.07, 6.45) is 0. The molecule has 2 nitrogen and oxygen atoms in total. The number of benzene rings is 13. The molecule has 0 unspecified atom stereocenters. The maximum atomic E-state index is 2.40. The zero-order valence-corrected chi connectivity index (χ0v) is 41.6. The third kappa shape index (κ3) is 7.03. The van der Waals surface area contributed by atoms with Crippen LogP contribution in [0.3, 0.4) is 0 Å². The maximum Gasteiger partial charge on any atom is 0.0541 e. The van der Waals surface area contributed by atoms with Gasteiger partial charge in [0.05, 0.1) is 22.1 Å². The number of nitrogens with zero attached hydrogens (tertiary/aromatic N) is 2. The monoisotopic (exact) mass is 964 g/mol. The van der Waals surface area contributed by atoms with Gasteiger partial charge in [0.25, 0.3) is 0 Å². The van der Waals surface area contributed by atoms with Crippen LogP contribution in [0.25, 0.3) is 143 Å². The lowest BCUT2D eigenvalue weighted by atomic mass is 9.80. The Bertz CT molecular complexity index is 4270. The van der Waals surface area contributed by atoms with Gasteiger partial charge in [-0.25, -0.2) is 0 Å². The number of rotatable bonds is 8. The molecule has 354 valence electrons. The van der Waals surface area contributed by atoms with Gasteiger partial charge in [-0.3, -0.25) is 0 Å². The first-order valence-electron chi connectivity index (χ1n) is 26.2. The molecule has 15 aromatic rings. The van der Waals surface area contributed by atoms with Crippen LogP contribution in [0, 0.1) is 0 Å². The quantitative estimate of drug-likeness (QED) is 0.134. The fourth-order valence-electron chi connectivity index (χ4n) is 12.3. The van der Waals surface area contributed by atoms with Gasteiger partial charge < -0.3 is 9.13 Å². The predicted molar refractivity (Wildman–Crippen MR) is 323 cm³/mol. The third-order valence-electron chi connectivity index (χ3n) is 15.8. The van der Waals surface area contributed by atoms with E-state index in [2.05, 4.69) is 300 Å². The number of hydrogen-bond acceptors (Lipinski definition) is 0. The molecular formula is C74H48N2. The molecule has 2 heteroatoms. The standard InChI is InChI=1S/C74H48N2/c1-3-17-49(18-4-1)51-33-37-55(38-34-51)71-65-27-15-26-60(54-43-47-58(48-44-54)76-69-31-13-9-23-63(69)64-24-10-14-32-70(64)76)74(65)72(56-39-35-52(36-40-56)50-19-5-2-6-20-50)66-28-16-25-59(73(66)71)53-41-45-57(46-42-53)75-67-29-11-7-21-61(67)62-22-8-12-30-68(62)75/h1-48H. The van der Waals surface area contributed by atoms with Crippen LogP contribution in [0.15, 0.2) is 291 Å². The lowest BCUT2D eigenvalue weighted by Crippen LogP contribution is -1.97. The summed E-state index contributed by atoms with van der Waals surface area (Å²) in [4.78, 5) is 0. The molecule has 0 aliphatic carbocycles. The number of hydrogen-bond donors (Lipinski definition) is 0. The Morgan fingerprint density at radius 2 is 0.434 bits per heavy atom. The minimum absolute atomic E-state index is 1.14. The maximum absolute atomic E-state index is 2.40. The molecule has 0 N–H and O–H groups in total. The van der Waals surface area contributed by atoms with E-state index in [1.165, 1.54) is 132 Å². The van der Waals surface area contributed by atoms with E-state index in [1.807, 2.05) is 0 Å². The highest BCUT2D eigenvalue weighted by Gasteiger charge is 2.23. The molecule has 2 heterocycles. The highest BCUT2D eigenvalue weighted by molar-refractivity contribution is 6.27. The van der Waals surface area contributed by atoms with Gasteiger partial charge in [-0.15, -0.1) is 0 Å². The largest absolute Gasteiger partial charge is 0.309 e. The second kappa shape index (κ2) is 17.9. The zero-order valence-electron chi connectivity index (χ0n) is 41.6. The first-order chi connectivity index (χ1) is 37.7. The highest BCUT2D eigenvalue weighted by Crippen LogP contribution is 2.50. The fraction of sp³-hybridized carbons (Fsp3) is 0. The van der Waals surface area contributed by atoms with Crippen LogP contribution in [-0.2, 0) is 0 Å². The van der Waals surface area contributed by atoms with Gasteiger partial charge in [0.15, 0.2) is 0 Å². The normalized spacial score (nSPS) is 11.7. The molecule has 0 spiro atoms. The van der Waals surface area contributed by atoms with Crippen LogP contribution in [0.5, 0.6) is 0 Å². The lowest BCUT2D eigenvalue weighted by molar-refractivity contribution is 1.18. The molecule has 0 aliphatic heterocycles. The molecule has 0 saturated carbocycles. The van der Waals surface area contributed by atoms with Gasteiger partial charge >= 0.3 is 0 Å². The number of aromatic nitrogens is 2. The Kier molecular flexibility index (Phi) is 10.2. The molecule has 13 aromatic carbocycles. The number of para-hydroxylation sites is 4. The molecule has 0 atom stereocenters. The van der Waals surface area contributed by atoms with E-state index in [9.17, 15) is 0 Å². The van der Waals surface area contributed by atoms with Crippen LogP contribution >= 0.6 is 0 Å². The van der Waals surface area contributed by atoms with Crippen molar-refractivity contribution in [3.63, 3.8) is 0 Å². The number of fused-ring (bicyclic) bond motifs is 8. The Hall–Kier alpha value is -10.0. The molecule has 0 aliphatic rings. The van der Waals surface area contributed by atoms with Crippen molar-refractivity contribution in [2.24, 2.45) is 0 Å². The second-order valence-corrected chi connectivity index (χ2v) is 19.9. The molecule has 0 fully saturated rings. The van der Waals surface area contributed by atoms with Gasteiger partial charge in [0.1, 0.15) is 0 Å². The van der Waals surface area contributed by atoms with Crippen molar-refractivity contribution in [1.29, 1.82) is 0 Å². The van der Waals surface area contributed by atoms with Crippen molar-refractivity contribution in [3.8, 4) is 78.1 Å². The highest BCUT2D eigenvalue weighted by atomic mass is 15.0. The van der Waals surface area contributed by atoms with Crippen molar-refractivity contribution in [2.75, 3.05) is 0 Å². The summed E-state index contributed by atoms with van der Waals surface area (Å²) in [5.41, 5.74) is 21.4. The van der Waals surface area contributed by atoms with E-state index >= 15 is 0 Å². The summed E-state index contributed by atoms with van der Waals surface area (Å²) in [6, 6.07) is 107. The molecule has 0 amide bonds. The summed E-state index contributed by atoms with van der Waals surface area (Å²) >= 11 is 0. The summed E-state index contributed by atoms with van der Waals surface area (Å²) < 4.78 is 4.80. The van der Waals surface area contributed by atoms with Crippen molar-refractivity contribution in [3.05, 3.63) is 291 Å². The average Bonchev–Trinajstić information content (AvgIpc) is 4.04. The summed E-state index contributed by atoms with van der Waals surface area (Å²) in [7, 11) is 0. The van der Waals surface area contributed by atoms with Gasteiger partial charge in [-0.05, 0) is 137 Å². The van der Waals surface area contributed by atoms with Crippen molar-refractivity contribution < 1.29 is 0 Å². The average molecular weight is 965 g/mol. The van der Waals surface area contributed by atoms with Gasteiger partial charge in [0, 0.05) is 32.9 Å². The minimum atomic E-state index is 1.14. The van der Waals surface area contributed by atoms with Gasteiger partial charge in [-0.2, -0.15) is 0 Å². The van der Waals surface area contributed by atoms with Gasteiger partial charge in [-0.1, -0.05) is 243 Å². The predicted octanol–water partition coefficient (Wildman–Crippen LogP) is 20.2. The van der Waals surface area contributed by atoms with Crippen molar-refractivity contribution in [2.45, 2.75) is 0 Å². The first-order valence-corrected chi connectivity index (χ1v) is 26.2. The molecule has 0 saturated heterocycles. The molecule has 76 heavy (non-hydrogen) atoms. The Balaban J connectivity index is 0.984. The fourth-order valence-corrected chi connectivity index (χ4v) is 12.3. The van der Waals surface area contributed by atoms with E-state index in [0.29, 0.717) is 0 Å². The van der Waals surface area contributed by atoms with Crippen LogP contribution < -0.4 is 0 Å². The van der Waals surface area contributed by atoms with Crippen molar-refractivity contribution >= 4 is 65.2 Å². The van der Waals surface area contributed by atoms with E-state index in [1.54, 1.807) is 0 Å². The Morgan fingerprint density at radius 1 is 0.171 bits per heavy atom. The zero-order chi connectivity index (χ0) is 50.1. The van der Waals surface area contributed by atoms with Crippen LogP contribution in [0.4, 0.5) is 0 Å². The first kappa shape index (κ1) is 43.6. The van der Waals surface area contributed by atoms with Crippen molar-refractivity contribution in [1.82, 2.24) is 9.13 Å². The second-order valence-electron chi connectivity index (χ2n) is 19.9. The summed E-state index contributed by atoms with van der Waals surface area (Å²) in [5.74, 6) is 0. The SMILES string of the molecule is c1ccc(-c2ccc(-c3c4cccc(-c5ccc(-n6c7ccccc7c7ccccc76)cc5)c4c(-c4ccc(-c5ccccc5)cc4)c4cccc(-c5ccc(-n6c7ccccc7c7ccccc76)cc5)c34)cc2)cc1. The smallest absolute Gasteiger partial charge is 0.0541 e. The molecule has 0 bridgehead atoms. The van der Waals surface area contributed by atoms with E-state index in [-0.39, 0.29) is 0 Å². The Morgan fingerprint density at radius 3 is 0.776 bits per heavy atom. The van der Waals surface area contributed by atoms with E-state index < -0.39 is 0 Å². The molecular weight excluding hydrogens is 917 g/mol. The van der Waals surface area contributed by atoms with Crippen LogP contribution in [0.1, 0.15) is 0 Å². The van der Waals surface area contributed by atoms with E-state index in [4.69, 9.17) is 0 Å². The molecule has 15 rings (SSSR count). The minimum Gasteiger partial charge on any atom is -0.309 e. The third-order valence-corrected chi connectivity index (χ3v) is 15.8. The summed E-state index contributed by atoms with van der Waals surface area (Å²) in [5, 5.41) is 9.91. The van der Waals surface area contributed by atoms with Gasteiger partial charge in [0.2, 0.25) is 0 Å². The van der Waals surface area contributed by atoms with Crippen LogP contribution in [-0.4, -0.2) is 9.13 Å². The van der Waals surface area contributed by atoms with Crippen LogP contribution in [0.2, 0.25) is 0 Å². The Labute approximate surface area is 441 Å². The molecule has 2 aromatic heterocycles. The van der Waals surface area contributed by atoms with E-state index in [0.717, 1.165) is 11.4 Å². The topological polar surface area (TPSA) is 9.86 Å².